The fourth-order valence-corrected chi connectivity index (χ4v) is 6.26. The molecular formula is C30H45N19O6. The number of nitrogen functional groups attached to an aromatic ring is 3. The van der Waals surface area contributed by atoms with E-state index in [4.69, 9.17) is 17.2 Å². The highest BCUT2D eigenvalue weighted by molar-refractivity contribution is 5.80. The van der Waals surface area contributed by atoms with Gasteiger partial charge in [-0.25, -0.2) is 0 Å². The van der Waals surface area contributed by atoms with E-state index in [2.05, 4.69) is 61.8 Å². The van der Waals surface area contributed by atoms with Crippen molar-refractivity contribution in [2.24, 2.45) is 0 Å². The highest BCUT2D eigenvalue weighted by Gasteiger charge is 2.27. The monoisotopic (exact) mass is 767 g/mol. The minimum Gasteiger partial charge on any atom is -0.369 e. The Bertz CT molecular complexity index is 2080. The molecule has 0 unspecified atom stereocenters. The van der Waals surface area contributed by atoms with Crippen LogP contribution in [0, 0.1) is 0 Å². The van der Waals surface area contributed by atoms with E-state index in [0.717, 1.165) is 0 Å². The zero-order valence-corrected chi connectivity index (χ0v) is 29.9. The molecule has 3 aliphatic rings. The SMILES string of the molecule is Nc1nc2c(c(=O)[nH]1)NCN2CCC(=O)NCCNCCN(CCNC(=O)CCN1CNc2c1nc(N)[nH]c2=O)C(=O)CCN1CNc2c1nc(N)[nH]c2=O. The molecule has 6 heterocycles. The number of anilines is 9. The Hall–Kier alpha value is -6.79. The summed E-state index contributed by atoms with van der Waals surface area (Å²) in [4.78, 5) is 102. The summed E-state index contributed by atoms with van der Waals surface area (Å²) < 4.78 is 0. The van der Waals surface area contributed by atoms with Gasteiger partial charge in [-0.3, -0.25) is 43.7 Å². The molecule has 0 spiro atoms. The molecule has 3 amide bonds. The fraction of sp³-hybridized carbons (Fsp3) is 0.500. The Morgan fingerprint density at radius 1 is 0.582 bits per heavy atom. The van der Waals surface area contributed by atoms with Crippen LogP contribution in [0.1, 0.15) is 19.3 Å². The Labute approximate surface area is 312 Å². The molecular weight excluding hydrogens is 722 g/mol. The number of nitrogens with two attached hydrogens (primary N) is 3. The highest BCUT2D eigenvalue weighted by atomic mass is 16.2. The van der Waals surface area contributed by atoms with E-state index in [1.165, 1.54) is 0 Å². The number of nitrogens with one attached hydrogen (secondary N) is 9. The molecule has 55 heavy (non-hydrogen) atoms. The van der Waals surface area contributed by atoms with E-state index in [-0.39, 0.29) is 104 Å². The average Bonchev–Trinajstić information content (AvgIpc) is 3.86. The third-order valence-corrected chi connectivity index (χ3v) is 9.05. The van der Waals surface area contributed by atoms with E-state index in [9.17, 15) is 28.8 Å². The number of amides is 3. The maximum absolute atomic E-state index is 13.5. The van der Waals surface area contributed by atoms with Gasteiger partial charge in [0.05, 0.1) is 20.0 Å². The third kappa shape index (κ3) is 9.24. The average molecular weight is 768 g/mol. The first-order valence-corrected chi connectivity index (χ1v) is 17.6. The summed E-state index contributed by atoms with van der Waals surface area (Å²) in [7, 11) is 0. The van der Waals surface area contributed by atoms with Gasteiger partial charge in [-0.2, -0.15) is 15.0 Å². The lowest BCUT2D eigenvalue weighted by molar-refractivity contribution is -0.131. The molecule has 6 rings (SSSR count). The maximum Gasteiger partial charge on any atom is 0.277 e. The van der Waals surface area contributed by atoms with E-state index in [1.807, 2.05) is 0 Å². The van der Waals surface area contributed by atoms with E-state index in [0.29, 0.717) is 74.9 Å². The first-order valence-electron chi connectivity index (χ1n) is 17.6. The summed E-state index contributed by atoms with van der Waals surface area (Å²) in [5.74, 6) is 0.484. The van der Waals surface area contributed by atoms with E-state index >= 15 is 0 Å². The standard InChI is InChI=1S/C30H45N19O6/c31-28-40-22-19(25(53)43-28)37-13-47(22)8-1-16(50)35-5-4-34-6-11-46(18(52)3-10-49-15-39-21-24(49)42-30(33)45-27(21)55)12-7-36-17(51)2-9-48-14-38-20-23(48)41-29(32)44-26(20)54/h34,37-39H,1-15H2,(H,35,50)(H,36,51)(H3,31,40,43,53)(H3,32,41,44,54)(H3,33,42,45,55). The second-order valence-corrected chi connectivity index (χ2v) is 12.8. The zero-order chi connectivity index (χ0) is 39.1. The molecule has 0 saturated heterocycles. The summed E-state index contributed by atoms with van der Waals surface area (Å²) in [6.07, 6.45) is 0.384. The maximum atomic E-state index is 13.5. The van der Waals surface area contributed by atoms with Crippen molar-refractivity contribution < 1.29 is 14.4 Å². The van der Waals surface area contributed by atoms with Crippen LogP contribution in [0.15, 0.2) is 14.4 Å². The van der Waals surface area contributed by atoms with Crippen LogP contribution in [0.3, 0.4) is 0 Å². The number of fused-ring (bicyclic) bond motifs is 3. The lowest BCUT2D eigenvalue weighted by atomic mass is 10.3. The van der Waals surface area contributed by atoms with Crippen LogP contribution in [0.2, 0.25) is 0 Å². The summed E-state index contributed by atoms with van der Waals surface area (Å²) in [5.41, 5.74) is 16.8. The number of hydrogen-bond acceptors (Lipinski definition) is 19. The minimum atomic E-state index is -0.398. The lowest BCUT2D eigenvalue weighted by Gasteiger charge is -2.25. The predicted molar refractivity (Wildman–Crippen MR) is 205 cm³/mol. The quantitative estimate of drug-likeness (QED) is 0.0542. The van der Waals surface area contributed by atoms with Crippen LogP contribution in [-0.4, -0.2) is 131 Å². The lowest BCUT2D eigenvalue weighted by Crippen LogP contribution is -2.44. The van der Waals surface area contributed by atoms with Gasteiger partial charge in [-0.15, -0.1) is 0 Å². The number of aromatic nitrogens is 6. The highest BCUT2D eigenvalue weighted by Crippen LogP contribution is 2.27. The van der Waals surface area contributed by atoms with Crippen LogP contribution in [0.5, 0.6) is 0 Å². The molecule has 296 valence electrons. The van der Waals surface area contributed by atoms with Crippen molar-refractivity contribution in [3.63, 3.8) is 0 Å². The van der Waals surface area contributed by atoms with Crippen molar-refractivity contribution in [1.29, 1.82) is 0 Å². The second-order valence-electron chi connectivity index (χ2n) is 12.8. The van der Waals surface area contributed by atoms with Gasteiger partial charge < -0.3 is 68.7 Å². The molecule has 0 aromatic carbocycles. The summed E-state index contributed by atoms with van der Waals surface area (Å²) in [6.45, 7) is 3.72. The van der Waals surface area contributed by atoms with Crippen molar-refractivity contribution in [2.75, 3.05) is 127 Å². The first-order chi connectivity index (χ1) is 26.5. The van der Waals surface area contributed by atoms with Crippen molar-refractivity contribution in [2.45, 2.75) is 19.3 Å². The van der Waals surface area contributed by atoms with Crippen molar-refractivity contribution in [3.05, 3.63) is 31.1 Å². The third-order valence-electron chi connectivity index (χ3n) is 9.05. The Balaban J connectivity index is 0.942. The van der Waals surface area contributed by atoms with Crippen molar-refractivity contribution in [3.8, 4) is 0 Å². The van der Waals surface area contributed by atoms with Crippen LogP contribution in [0.4, 0.5) is 52.4 Å². The van der Waals surface area contributed by atoms with Crippen molar-refractivity contribution in [1.82, 2.24) is 50.8 Å². The molecule has 15 N–H and O–H groups in total. The Kier molecular flexibility index (Phi) is 11.7. The van der Waals surface area contributed by atoms with Crippen LogP contribution in [-0.2, 0) is 14.4 Å². The number of H-pyrrole nitrogens is 3. The van der Waals surface area contributed by atoms with Crippen LogP contribution in [0.25, 0.3) is 0 Å². The number of hydrogen-bond donors (Lipinski definition) is 12. The number of rotatable bonds is 18. The molecule has 3 aliphatic heterocycles. The van der Waals surface area contributed by atoms with E-state index < -0.39 is 5.56 Å². The second kappa shape index (κ2) is 16.9. The molecule has 25 heteroatoms. The molecule has 0 aliphatic carbocycles. The molecule has 3 aromatic heterocycles. The molecule has 0 atom stereocenters. The van der Waals surface area contributed by atoms with Gasteiger partial charge in [0.1, 0.15) is 17.1 Å². The topological polar surface area (TPSA) is 352 Å². The van der Waals surface area contributed by atoms with Gasteiger partial charge in [0.2, 0.25) is 35.6 Å². The predicted octanol–water partition coefficient (Wildman–Crippen LogP) is -4.53. The summed E-state index contributed by atoms with van der Waals surface area (Å²) in [5, 5.41) is 17.8. The van der Waals surface area contributed by atoms with Gasteiger partial charge in [-0.05, 0) is 0 Å². The molecule has 3 aromatic rings. The smallest absolute Gasteiger partial charge is 0.277 e. The summed E-state index contributed by atoms with van der Waals surface area (Å²) >= 11 is 0. The van der Waals surface area contributed by atoms with Crippen molar-refractivity contribution >= 4 is 70.1 Å². The minimum absolute atomic E-state index is 0.00359. The van der Waals surface area contributed by atoms with E-state index in [1.54, 1.807) is 19.6 Å². The normalized spacial score (nSPS) is 13.7. The first kappa shape index (κ1) is 38.0. The largest absolute Gasteiger partial charge is 0.369 e. The fourth-order valence-electron chi connectivity index (χ4n) is 6.26. The Morgan fingerprint density at radius 3 is 1.44 bits per heavy atom. The van der Waals surface area contributed by atoms with Gasteiger partial charge in [0.15, 0.2) is 17.5 Å². The van der Waals surface area contributed by atoms with Gasteiger partial charge in [0, 0.05) is 78.2 Å². The number of carbonyl (C=O) groups excluding carboxylic acids is 3. The summed E-state index contributed by atoms with van der Waals surface area (Å²) in [6, 6.07) is 0. The Morgan fingerprint density at radius 2 is 0.982 bits per heavy atom. The number of carbonyl (C=O) groups is 3. The van der Waals surface area contributed by atoms with Gasteiger partial charge in [-0.1, -0.05) is 0 Å². The molecule has 0 bridgehead atoms. The molecule has 0 saturated carbocycles. The number of aromatic amines is 3. The van der Waals surface area contributed by atoms with Crippen LogP contribution < -0.4 is 80.5 Å². The molecule has 25 nitrogen and oxygen atoms in total. The van der Waals surface area contributed by atoms with Gasteiger partial charge in [0.25, 0.3) is 16.7 Å². The molecule has 0 fully saturated rings. The molecule has 0 radical (unpaired) electrons. The van der Waals surface area contributed by atoms with Crippen LogP contribution >= 0.6 is 0 Å². The zero-order valence-electron chi connectivity index (χ0n) is 29.9. The van der Waals surface area contributed by atoms with Gasteiger partial charge >= 0.3 is 0 Å². The number of nitrogens with zero attached hydrogens (tertiary/aromatic N) is 7.